The molecule has 5 aromatic rings. The van der Waals surface area contributed by atoms with E-state index in [0.717, 1.165) is 11.1 Å². The Hall–Kier alpha value is -3.75. The molecule has 0 spiro atoms. The molecule has 2 N–H and O–H groups in total. The molecule has 0 bridgehead atoms. The third-order valence-corrected chi connectivity index (χ3v) is 7.35. The Balaban J connectivity index is 1.82. The average molecular weight is 476 g/mol. The Bertz CT molecular complexity index is 1680. The van der Waals surface area contributed by atoms with Gasteiger partial charge in [-0.15, -0.1) is 0 Å². The van der Waals surface area contributed by atoms with Crippen LogP contribution in [0.25, 0.3) is 22.2 Å². The van der Waals surface area contributed by atoms with Crippen LogP contribution >= 0.6 is 11.6 Å². The molecule has 0 saturated carbocycles. The molecule has 0 aliphatic rings. The molecule has 0 fully saturated rings. The first kappa shape index (κ1) is 21.1. The van der Waals surface area contributed by atoms with Crippen LogP contribution in [0.5, 0.6) is 0 Å². The van der Waals surface area contributed by atoms with Gasteiger partial charge < -0.3 is 5.73 Å². The van der Waals surface area contributed by atoms with Gasteiger partial charge in [-0.3, -0.25) is 0 Å². The molecule has 0 aliphatic heterocycles. The number of nitrogen functional groups attached to an aromatic ring is 1. The zero-order chi connectivity index (χ0) is 23.2. The van der Waals surface area contributed by atoms with Crippen molar-refractivity contribution in [1.82, 2.24) is 14.6 Å². The molecule has 33 heavy (non-hydrogen) atoms. The van der Waals surface area contributed by atoms with Crippen molar-refractivity contribution in [2.45, 2.75) is 16.7 Å². The molecule has 3 aromatic carbocycles. The number of nitrogens with two attached hydrogens (primary N) is 1. The van der Waals surface area contributed by atoms with E-state index in [1.54, 1.807) is 30.5 Å². The second kappa shape index (κ2) is 7.99. The first-order valence-electron chi connectivity index (χ1n) is 10.0. The number of anilines is 1. The van der Waals surface area contributed by atoms with Gasteiger partial charge in [0.1, 0.15) is 16.2 Å². The van der Waals surface area contributed by atoms with Gasteiger partial charge in [-0.05, 0) is 48.4 Å². The molecule has 0 atom stereocenters. The van der Waals surface area contributed by atoms with E-state index in [2.05, 4.69) is 15.1 Å². The quantitative estimate of drug-likeness (QED) is 0.374. The third kappa shape index (κ3) is 3.63. The number of para-hydroxylation sites is 2. The minimum Gasteiger partial charge on any atom is -0.382 e. The maximum absolute atomic E-state index is 13.6. The SMILES string of the molecule is Cc1ccccc1C=Nn1c(N)c(S(=O)(=O)c2cccc(Cl)c2)c2nc3ccccc3nc21. The normalized spacial score (nSPS) is 12.2. The number of hydrogen-bond acceptors (Lipinski definition) is 6. The first-order valence-corrected chi connectivity index (χ1v) is 11.9. The summed E-state index contributed by atoms with van der Waals surface area (Å²) in [5.74, 6) is -0.0786. The van der Waals surface area contributed by atoms with Crippen LogP contribution in [0.2, 0.25) is 5.02 Å². The topological polar surface area (TPSA) is 103 Å². The minimum atomic E-state index is -4.06. The average Bonchev–Trinajstić information content (AvgIpc) is 3.07. The maximum atomic E-state index is 13.6. The van der Waals surface area contributed by atoms with Crippen molar-refractivity contribution in [2.75, 3.05) is 5.73 Å². The summed E-state index contributed by atoms with van der Waals surface area (Å²) in [6.07, 6.45) is 1.62. The van der Waals surface area contributed by atoms with E-state index in [-0.39, 0.29) is 26.8 Å². The molecular formula is C24H18ClN5O2S. The molecule has 2 heterocycles. The highest BCUT2D eigenvalue weighted by Gasteiger charge is 2.30. The Morgan fingerprint density at radius 2 is 1.67 bits per heavy atom. The fourth-order valence-electron chi connectivity index (χ4n) is 3.61. The first-order chi connectivity index (χ1) is 15.9. The Kier molecular flexibility index (Phi) is 5.11. The summed E-state index contributed by atoms with van der Waals surface area (Å²) >= 11 is 6.06. The zero-order valence-electron chi connectivity index (χ0n) is 17.5. The summed E-state index contributed by atoms with van der Waals surface area (Å²) in [4.78, 5) is 9.09. The number of aromatic nitrogens is 3. The number of halogens is 1. The van der Waals surface area contributed by atoms with Crippen molar-refractivity contribution < 1.29 is 8.42 Å². The molecule has 7 nitrogen and oxygen atoms in total. The summed E-state index contributed by atoms with van der Waals surface area (Å²) in [6.45, 7) is 1.96. The lowest BCUT2D eigenvalue weighted by Crippen LogP contribution is -2.06. The van der Waals surface area contributed by atoms with Crippen molar-refractivity contribution in [3.05, 3.63) is 88.9 Å². The standard InChI is InChI=1S/C24H18ClN5O2S/c1-15-7-2-3-8-16(15)14-27-30-23(26)22(33(31,32)18-10-6-9-17(25)13-18)21-24(30)29-20-12-5-4-11-19(20)28-21/h2-14H,26H2,1H3. The van der Waals surface area contributed by atoms with Gasteiger partial charge in [0.15, 0.2) is 5.65 Å². The Labute approximate surface area is 195 Å². The summed E-state index contributed by atoms with van der Waals surface area (Å²) < 4.78 is 28.6. The second-order valence-corrected chi connectivity index (χ2v) is 9.80. The fraction of sp³-hybridized carbons (Fsp3) is 0.0417. The fourth-order valence-corrected chi connectivity index (χ4v) is 5.39. The number of benzene rings is 3. The van der Waals surface area contributed by atoms with Crippen molar-refractivity contribution in [3.8, 4) is 0 Å². The van der Waals surface area contributed by atoms with Crippen molar-refractivity contribution >= 4 is 55.7 Å². The van der Waals surface area contributed by atoms with Gasteiger partial charge in [0.2, 0.25) is 9.84 Å². The number of sulfone groups is 1. The van der Waals surface area contributed by atoms with Crippen LogP contribution in [0.15, 0.2) is 87.7 Å². The zero-order valence-corrected chi connectivity index (χ0v) is 19.0. The lowest BCUT2D eigenvalue weighted by molar-refractivity contribution is 0.597. The number of nitrogens with zero attached hydrogens (tertiary/aromatic N) is 4. The van der Waals surface area contributed by atoms with Crippen molar-refractivity contribution in [3.63, 3.8) is 0 Å². The predicted molar refractivity (Wildman–Crippen MR) is 131 cm³/mol. The van der Waals surface area contributed by atoms with Gasteiger partial charge in [0.05, 0.1) is 22.1 Å². The summed E-state index contributed by atoms with van der Waals surface area (Å²) in [5, 5.41) is 4.79. The summed E-state index contributed by atoms with van der Waals surface area (Å²) in [5.41, 5.74) is 9.82. The molecule has 2 aromatic heterocycles. The highest BCUT2D eigenvalue weighted by Crippen LogP contribution is 2.35. The minimum absolute atomic E-state index is 0.0126. The van der Waals surface area contributed by atoms with E-state index in [0.29, 0.717) is 16.1 Å². The molecule has 9 heteroatoms. The van der Waals surface area contributed by atoms with Crippen LogP contribution in [0.1, 0.15) is 11.1 Å². The maximum Gasteiger partial charge on any atom is 0.212 e. The van der Waals surface area contributed by atoms with Gasteiger partial charge >= 0.3 is 0 Å². The monoisotopic (exact) mass is 475 g/mol. The number of rotatable bonds is 4. The van der Waals surface area contributed by atoms with Crippen LogP contribution in [0.3, 0.4) is 0 Å². The number of fused-ring (bicyclic) bond motifs is 2. The van der Waals surface area contributed by atoms with E-state index in [4.69, 9.17) is 17.3 Å². The molecule has 0 amide bonds. The van der Waals surface area contributed by atoms with Crippen LogP contribution in [-0.4, -0.2) is 29.3 Å². The largest absolute Gasteiger partial charge is 0.382 e. The Morgan fingerprint density at radius 1 is 0.970 bits per heavy atom. The lowest BCUT2D eigenvalue weighted by atomic mass is 10.1. The van der Waals surface area contributed by atoms with Crippen LogP contribution in [0, 0.1) is 6.92 Å². The van der Waals surface area contributed by atoms with Gasteiger partial charge in [-0.25, -0.2) is 18.4 Å². The third-order valence-electron chi connectivity index (χ3n) is 5.30. The molecule has 0 saturated heterocycles. The van der Waals surface area contributed by atoms with Crippen LogP contribution < -0.4 is 5.73 Å². The molecular weight excluding hydrogens is 458 g/mol. The molecule has 0 aliphatic carbocycles. The van der Waals surface area contributed by atoms with E-state index < -0.39 is 9.84 Å². The molecule has 5 rings (SSSR count). The van der Waals surface area contributed by atoms with Crippen LogP contribution in [-0.2, 0) is 9.84 Å². The summed E-state index contributed by atoms with van der Waals surface area (Å²) in [7, 11) is -4.06. The second-order valence-electron chi connectivity index (χ2n) is 7.47. The Morgan fingerprint density at radius 3 is 2.39 bits per heavy atom. The highest BCUT2D eigenvalue weighted by atomic mass is 35.5. The molecule has 0 unspecified atom stereocenters. The lowest BCUT2D eigenvalue weighted by Gasteiger charge is -2.05. The highest BCUT2D eigenvalue weighted by molar-refractivity contribution is 7.92. The van der Waals surface area contributed by atoms with Crippen molar-refractivity contribution in [2.24, 2.45) is 5.10 Å². The number of aryl methyl sites for hydroxylation is 1. The van der Waals surface area contributed by atoms with Gasteiger partial charge in [0, 0.05) is 5.02 Å². The smallest absolute Gasteiger partial charge is 0.212 e. The predicted octanol–water partition coefficient (Wildman–Crippen LogP) is 4.84. The van der Waals surface area contributed by atoms with Crippen LogP contribution in [0.4, 0.5) is 5.82 Å². The van der Waals surface area contributed by atoms with Gasteiger partial charge in [-0.2, -0.15) is 9.78 Å². The van der Waals surface area contributed by atoms with E-state index in [9.17, 15) is 8.42 Å². The number of hydrogen-bond donors (Lipinski definition) is 1. The molecule has 164 valence electrons. The van der Waals surface area contributed by atoms with Gasteiger partial charge in [-0.1, -0.05) is 54.1 Å². The molecule has 0 radical (unpaired) electrons. The summed E-state index contributed by atoms with van der Waals surface area (Å²) in [6, 6.07) is 20.9. The van der Waals surface area contributed by atoms with E-state index in [1.807, 2.05) is 43.3 Å². The van der Waals surface area contributed by atoms with Gasteiger partial charge in [0.25, 0.3) is 0 Å². The van der Waals surface area contributed by atoms with E-state index in [1.165, 1.54) is 16.8 Å². The van der Waals surface area contributed by atoms with E-state index >= 15 is 0 Å². The van der Waals surface area contributed by atoms with Crippen molar-refractivity contribution in [1.29, 1.82) is 0 Å².